The second-order valence-electron chi connectivity index (χ2n) is 4.19. The van der Waals surface area contributed by atoms with E-state index in [1.54, 1.807) is 18.7 Å². The van der Waals surface area contributed by atoms with Gasteiger partial charge >= 0.3 is 0 Å². The largest absolute Gasteiger partial charge is 0.469 e. The van der Waals surface area contributed by atoms with Crippen LogP contribution >= 0.6 is 0 Å². The molecule has 0 spiro atoms. The summed E-state index contributed by atoms with van der Waals surface area (Å²) in [6, 6.07) is 9.62. The maximum absolute atomic E-state index is 6.17. The highest BCUT2D eigenvalue weighted by Gasteiger charge is 2.10. The highest BCUT2D eigenvalue weighted by Crippen LogP contribution is 2.19. The Morgan fingerprint density at radius 3 is 2.72 bits per heavy atom. The van der Waals surface area contributed by atoms with Gasteiger partial charge in [0.1, 0.15) is 5.76 Å². The summed E-state index contributed by atoms with van der Waals surface area (Å²) in [7, 11) is 0. The van der Waals surface area contributed by atoms with E-state index in [4.69, 9.17) is 10.2 Å². The van der Waals surface area contributed by atoms with Crippen LogP contribution in [0.25, 0.3) is 11.0 Å². The Balaban J connectivity index is 1.89. The lowest BCUT2D eigenvalue weighted by atomic mass is 10.0. The number of fused-ring (bicyclic) bond motifs is 1. The van der Waals surface area contributed by atoms with Crippen molar-refractivity contribution in [2.45, 2.75) is 12.5 Å². The second kappa shape index (κ2) is 4.58. The third-order valence-corrected chi connectivity index (χ3v) is 2.92. The molecule has 2 heterocycles. The minimum Gasteiger partial charge on any atom is -0.469 e. The summed E-state index contributed by atoms with van der Waals surface area (Å²) in [5, 5.41) is 0. The molecule has 0 amide bonds. The van der Waals surface area contributed by atoms with Gasteiger partial charge in [-0.05, 0) is 29.8 Å². The molecule has 0 aliphatic rings. The molecule has 0 bridgehead atoms. The molecule has 2 aromatic heterocycles. The average molecular weight is 239 g/mol. The van der Waals surface area contributed by atoms with Crippen molar-refractivity contribution >= 4 is 11.0 Å². The lowest BCUT2D eigenvalue weighted by molar-refractivity contribution is 0.488. The first-order chi connectivity index (χ1) is 8.83. The van der Waals surface area contributed by atoms with Crippen LogP contribution in [0.5, 0.6) is 0 Å². The number of nitrogens with zero attached hydrogens (tertiary/aromatic N) is 2. The Labute approximate surface area is 104 Å². The lowest BCUT2D eigenvalue weighted by Crippen LogP contribution is -2.13. The van der Waals surface area contributed by atoms with Crippen LogP contribution in [0, 0.1) is 0 Å². The minimum absolute atomic E-state index is 0.0949. The summed E-state index contributed by atoms with van der Waals surface area (Å²) in [5.41, 5.74) is 8.96. The average Bonchev–Trinajstić information content (AvgIpc) is 2.91. The van der Waals surface area contributed by atoms with Crippen molar-refractivity contribution < 1.29 is 4.42 Å². The fraction of sp³-hybridized carbons (Fsp3) is 0.143. The van der Waals surface area contributed by atoms with Gasteiger partial charge in [0, 0.05) is 24.9 Å². The Kier molecular flexibility index (Phi) is 2.78. The fourth-order valence-electron chi connectivity index (χ4n) is 1.97. The summed E-state index contributed by atoms with van der Waals surface area (Å²) in [6.45, 7) is 0. The van der Waals surface area contributed by atoms with Gasteiger partial charge < -0.3 is 10.2 Å². The topological polar surface area (TPSA) is 64.9 Å². The zero-order valence-corrected chi connectivity index (χ0v) is 9.78. The molecule has 3 aromatic rings. The van der Waals surface area contributed by atoms with E-state index in [1.807, 2.05) is 30.3 Å². The van der Waals surface area contributed by atoms with Crippen molar-refractivity contribution in [3.63, 3.8) is 0 Å². The van der Waals surface area contributed by atoms with Crippen LogP contribution in [0.3, 0.4) is 0 Å². The van der Waals surface area contributed by atoms with Crippen LogP contribution in [0.2, 0.25) is 0 Å². The van der Waals surface area contributed by atoms with E-state index in [9.17, 15) is 0 Å². The van der Waals surface area contributed by atoms with Crippen molar-refractivity contribution in [2.75, 3.05) is 0 Å². The van der Waals surface area contributed by atoms with Gasteiger partial charge in [-0.2, -0.15) is 0 Å². The van der Waals surface area contributed by atoms with Gasteiger partial charge in [-0.25, -0.2) is 0 Å². The Morgan fingerprint density at radius 2 is 1.94 bits per heavy atom. The van der Waals surface area contributed by atoms with E-state index >= 15 is 0 Å². The quantitative estimate of drug-likeness (QED) is 0.762. The molecule has 3 rings (SSSR count). The van der Waals surface area contributed by atoms with Crippen LogP contribution in [-0.4, -0.2) is 9.97 Å². The van der Waals surface area contributed by atoms with Crippen LogP contribution in [0.4, 0.5) is 0 Å². The Bertz CT molecular complexity index is 649. The van der Waals surface area contributed by atoms with Crippen molar-refractivity contribution in [3.8, 4) is 0 Å². The normalized spacial score (nSPS) is 12.7. The number of hydrogen-bond acceptors (Lipinski definition) is 4. The third-order valence-electron chi connectivity index (χ3n) is 2.92. The first kappa shape index (κ1) is 10.9. The molecule has 90 valence electrons. The molecular weight excluding hydrogens is 226 g/mol. The van der Waals surface area contributed by atoms with Crippen molar-refractivity contribution in [2.24, 2.45) is 5.73 Å². The molecule has 4 heteroatoms. The van der Waals surface area contributed by atoms with Gasteiger partial charge in [-0.1, -0.05) is 6.07 Å². The van der Waals surface area contributed by atoms with Gasteiger partial charge in [0.25, 0.3) is 0 Å². The fourth-order valence-corrected chi connectivity index (χ4v) is 1.97. The number of hydrogen-bond donors (Lipinski definition) is 1. The summed E-state index contributed by atoms with van der Waals surface area (Å²) < 4.78 is 5.31. The number of rotatable bonds is 3. The molecule has 1 unspecified atom stereocenters. The van der Waals surface area contributed by atoms with E-state index in [-0.39, 0.29) is 6.04 Å². The lowest BCUT2D eigenvalue weighted by Gasteiger charge is -2.10. The predicted octanol–water partition coefficient (Wildman–Crippen LogP) is 2.47. The Hall–Kier alpha value is -2.20. The third kappa shape index (κ3) is 2.10. The molecule has 1 aromatic carbocycles. The molecule has 0 fully saturated rings. The van der Waals surface area contributed by atoms with E-state index in [1.165, 1.54) is 0 Å². The van der Waals surface area contributed by atoms with Crippen molar-refractivity contribution in [3.05, 3.63) is 60.3 Å². The van der Waals surface area contributed by atoms with Crippen molar-refractivity contribution in [1.29, 1.82) is 0 Å². The van der Waals surface area contributed by atoms with Crippen LogP contribution in [-0.2, 0) is 6.42 Å². The van der Waals surface area contributed by atoms with Gasteiger partial charge in [-0.15, -0.1) is 0 Å². The number of benzene rings is 1. The van der Waals surface area contributed by atoms with E-state index in [0.717, 1.165) is 22.4 Å². The first-order valence-corrected chi connectivity index (χ1v) is 5.81. The van der Waals surface area contributed by atoms with Gasteiger partial charge in [0.05, 0.1) is 17.3 Å². The van der Waals surface area contributed by atoms with E-state index < -0.39 is 0 Å². The molecule has 4 nitrogen and oxygen atoms in total. The van der Waals surface area contributed by atoms with Crippen LogP contribution in [0.1, 0.15) is 17.4 Å². The zero-order chi connectivity index (χ0) is 12.4. The van der Waals surface area contributed by atoms with E-state index in [0.29, 0.717) is 6.42 Å². The maximum atomic E-state index is 6.17. The molecule has 0 radical (unpaired) electrons. The number of furan rings is 1. The molecule has 2 N–H and O–H groups in total. The molecule has 0 aliphatic heterocycles. The first-order valence-electron chi connectivity index (χ1n) is 5.81. The predicted molar refractivity (Wildman–Crippen MR) is 68.9 cm³/mol. The molecule has 18 heavy (non-hydrogen) atoms. The van der Waals surface area contributed by atoms with Crippen molar-refractivity contribution in [1.82, 2.24) is 9.97 Å². The highest BCUT2D eigenvalue weighted by molar-refractivity contribution is 5.74. The SMILES string of the molecule is NC(Cc1ccco1)c1ccc2nccnc2c1. The Morgan fingerprint density at radius 1 is 1.11 bits per heavy atom. The summed E-state index contributed by atoms with van der Waals surface area (Å²) in [4.78, 5) is 8.52. The summed E-state index contributed by atoms with van der Waals surface area (Å²) in [5.74, 6) is 0.891. The second-order valence-corrected chi connectivity index (χ2v) is 4.19. The molecular formula is C14H13N3O. The van der Waals surface area contributed by atoms with Gasteiger partial charge in [-0.3, -0.25) is 9.97 Å². The standard InChI is InChI=1S/C14H13N3O/c15-12(9-11-2-1-7-18-11)10-3-4-13-14(8-10)17-6-5-16-13/h1-8,12H,9,15H2. The van der Waals surface area contributed by atoms with Crippen LogP contribution < -0.4 is 5.73 Å². The summed E-state index contributed by atoms with van der Waals surface area (Å²) >= 11 is 0. The van der Waals surface area contributed by atoms with Gasteiger partial charge in [0.2, 0.25) is 0 Å². The number of nitrogens with two attached hydrogens (primary N) is 1. The maximum Gasteiger partial charge on any atom is 0.105 e. The van der Waals surface area contributed by atoms with E-state index in [2.05, 4.69) is 9.97 Å². The molecule has 0 saturated carbocycles. The monoisotopic (exact) mass is 239 g/mol. The minimum atomic E-state index is -0.0949. The molecule has 0 aliphatic carbocycles. The molecule has 1 atom stereocenters. The smallest absolute Gasteiger partial charge is 0.105 e. The molecule has 0 saturated heterocycles. The number of aromatic nitrogens is 2. The highest BCUT2D eigenvalue weighted by atomic mass is 16.3. The van der Waals surface area contributed by atoms with Gasteiger partial charge in [0.15, 0.2) is 0 Å². The zero-order valence-electron chi connectivity index (χ0n) is 9.78. The summed E-state index contributed by atoms with van der Waals surface area (Å²) in [6.07, 6.45) is 5.71. The van der Waals surface area contributed by atoms with Crippen LogP contribution in [0.15, 0.2) is 53.4 Å².